The number of pyridine rings is 1. The quantitative estimate of drug-likeness (QED) is 0.943. The van der Waals surface area contributed by atoms with Crippen LogP contribution >= 0.6 is 0 Å². The number of hydrogen-bond donors (Lipinski definition) is 1. The van der Waals surface area contributed by atoms with Crippen molar-refractivity contribution in [1.82, 2.24) is 9.88 Å². The SMILES string of the molecule is O=C(c1cncc(O)c1)N1C[C@@H](c2ccccc2)O[C@@H](C2CC2)C1. The van der Waals surface area contributed by atoms with Gasteiger partial charge >= 0.3 is 0 Å². The first-order chi connectivity index (χ1) is 11.7. The van der Waals surface area contributed by atoms with Gasteiger partial charge in [-0.05, 0) is 30.4 Å². The van der Waals surface area contributed by atoms with E-state index in [0.29, 0.717) is 24.6 Å². The Morgan fingerprint density at radius 2 is 1.96 bits per heavy atom. The number of nitrogens with zero attached hydrogens (tertiary/aromatic N) is 2. The highest BCUT2D eigenvalue weighted by Crippen LogP contribution is 2.39. The summed E-state index contributed by atoms with van der Waals surface area (Å²) in [6, 6.07) is 11.5. The van der Waals surface area contributed by atoms with Crippen LogP contribution in [-0.2, 0) is 4.74 Å². The largest absolute Gasteiger partial charge is 0.506 e. The summed E-state index contributed by atoms with van der Waals surface area (Å²) in [6.45, 7) is 1.12. The monoisotopic (exact) mass is 324 g/mol. The van der Waals surface area contributed by atoms with Crippen LogP contribution in [0.15, 0.2) is 48.8 Å². The van der Waals surface area contributed by atoms with E-state index in [1.165, 1.54) is 31.3 Å². The van der Waals surface area contributed by atoms with Crippen LogP contribution < -0.4 is 0 Å². The van der Waals surface area contributed by atoms with Gasteiger partial charge in [0.1, 0.15) is 11.9 Å². The number of amides is 1. The molecule has 124 valence electrons. The molecule has 1 aliphatic carbocycles. The zero-order chi connectivity index (χ0) is 16.5. The topological polar surface area (TPSA) is 62.7 Å². The van der Waals surface area contributed by atoms with E-state index >= 15 is 0 Å². The Labute approximate surface area is 140 Å². The van der Waals surface area contributed by atoms with Crippen molar-refractivity contribution < 1.29 is 14.6 Å². The minimum Gasteiger partial charge on any atom is -0.506 e. The molecule has 2 atom stereocenters. The van der Waals surface area contributed by atoms with Crippen molar-refractivity contribution in [3.63, 3.8) is 0 Å². The minimum absolute atomic E-state index is 0.00691. The summed E-state index contributed by atoms with van der Waals surface area (Å²) in [5.41, 5.74) is 1.51. The maximum absolute atomic E-state index is 12.8. The first kappa shape index (κ1) is 15.1. The van der Waals surface area contributed by atoms with E-state index in [9.17, 15) is 9.90 Å². The van der Waals surface area contributed by atoms with E-state index in [-0.39, 0.29) is 23.9 Å². The van der Waals surface area contributed by atoms with E-state index in [1.54, 1.807) is 0 Å². The number of carbonyl (C=O) groups is 1. The first-order valence-electron chi connectivity index (χ1n) is 8.34. The summed E-state index contributed by atoms with van der Waals surface area (Å²) in [7, 11) is 0. The predicted octanol–water partition coefficient (Wildman–Crippen LogP) is 2.78. The van der Waals surface area contributed by atoms with Crippen molar-refractivity contribution in [3.8, 4) is 5.75 Å². The van der Waals surface area contributed by atoms with Crippen molar-refractivity contribution in [2.24, 2.45) is 5.92 Å². The van der Waals surface area contributed by atoms with Crippen LogP contribution in [0.5, 0.6) is 5.75 Å². The molecule has 4 rings (SSSR count). The van der Waals surface area contributed by atoms with Gasteiger partial charge in [-0.15, -0.1) is 0 Å². The fourth-order valence-electron chi connectivity index (χ4n) is 3.26. The fourth-order valence-corrected chi connectivity index (χ4v) is 3.26. The van der Waals surface area contributed by atoms with Crippen molar-refractivity contribution >= 4 is 5.91 Å². The zero-order valence-electron chi connectivity index (χ0n) is 13.3. The smallest absolute Gasteiger partial charge is 0.255 e. The van der Waals surface area contributed by atoms with E-state index in [0.717, 1.165) is 5.56 Å². The van der Waals surface area contributed by atoms with Gasteiger partial charge in [0.25, 0.3) is 5.91 Å². The Morgan fingerprint density at radius 3 is 2.67 bits per heavy atom. The molecule has 0 unspecified atom stereocenters. The molecule has 2 fully saturated rings. The molecule has 0 radical (unpaired) electrons. The second-order valence-electron chi connectivity index (χ2n) is 6.55. The van der Waals surface area contributed by atoms with Gasteiger partial charge in [-0.1, -0.05) is 30.3 Å². The highest BCUT2D eigenvalue weighted by atomic mass is 16.5. The molecule has 5 heteroatoms. The van der Waals surface area contributed by atoms with E-state index in [1.807, 2.05) is 35.2 Å². The van der Waals surface area contributed by atoms with Crippen LogP contribution in [0.1, 0.15) is 34.9 Å². The lowest BCUT2D eigenvalue weighted by Crippen LogP contribution is -2.47. The Hall–Kier alpha value is -2.40. The first-order valence-corrected chi connectivity index (χ1v) is 8.34. The number of carbonyl (C=O) groups excluding carboxylic acids is 1. The summed E-state index contributed by atoms with van der Waals surface area (Å²) < 4.78 is 6.28. The van der Waals surface area contributed by atoms with Crippen molar-refractivity contribution in [1.29, 1.82) is 0 Å². The lowest BCUT2D eigenvalue weighted by Gasteiger charge is -2.38. The Morgan fingerprint density at radius 1 is 1.17 bits per heavy atom. The maximum atomic E-state index is 12.8. The Bertz CT molecular complexity index is 730. The molecule has 1 aromatic carbocycles. The summed E-state index contributed by atoms with van der Waals surface area (Å²) in [4.78, 5) is 18.6. The Balaban J connectivity index is 1.58. The van der Waals surface area contributed by atoms with Gasteiger partial charge in [-0.25, -0.2) is 0 Å². The molecule has 5 nitrogen and oxygen atoms in total. The molecular formula is C19H20N2O3. The molecule has 1 aromatic heterocycles. The molecule has 0 spiro atoms. The second-order valence-corrected chi connectivity index (χ2v) is 6.55. The average Bonchev–Trinajstić information content (AvgIpc) is 3.47. The molecular weight excluding hydrogens is 304 g/mol. The van der Waals surface area contributed by atoms with Gasteiger partial charge in [0.2, 0.25) is 0 Å². The molecule has 24 heavy (non-hydrogen) atoms. The normalized spacial score (nSPS) is 23.9. The third kappa shape index (κ3) is 3.12. The van der Waals surface area contributed by atoms with Gasteiger partial charge < -0.3 is 14.7 Å². The maximum Gasteiger partial charge on any atom is 0.255 e. The van der Waals surface area contributed by atoms with Gasteiger partial charge in [0.05, 0.1) is 24.4 Å². The lowest BCUT2D eigenvalue weighted by molar-refractivity contribution is -0.0864. The molecule has 1 saturated heterocycles. The van der Waals surface area contributed by atoms with Gasteiger partial charge in [-0.2, -0.15) is 0 Å². The molecule has 0 bridgehead atoms. The third-order valence-corrected chi connectivity index (χ3v) is 4.70. The fraction of sp³-hybridized carbons (Fsp3) is 0.368. The summed E-state index contributed by atoms with van der Waals surface area (Å²) in [5.74, 6) is 0.454. The van der Waals surface area contributed by atoms with Crippen molar-refractivity contribution in [2.45, 2.75) is 25.0 Å². The van der Waals surface area contributed by atoms with E-state index in [4.69, 9.17) is 4.74 Å². The summed E-state index contributed by atoms with van der Waals surface area (Å²) >= 11 is 0. The number of rotatable bonds is 3. The predicted molar refractivity (Wildman–Crippen MR) is 88.6 cm³/mol. The molecule has 1 amide bonds. The molecule has 2 aliphatic rings. The molecule has 1 saturated carbocycles. The van der Waals surface area contributed by atoms with Crippen molar-refractivity contribution in [2.75, 3.05) is 13.1 Å². The average molecular weight is 324 g/mol. The summed E-state index contributed by atoms with van der Waals surface area (Å²) in [6.07, 6.45) is 5.14. The number of aromatic hydroxyl groups is 1. The number of morpholine rings is 1. The van der Waals surface area contributed by atoms with Crippen molar-refractivity contribution in [3.05, 3.63) is 59.9 Å². The standard InChI is InChI=1S/C19H20N2O3/c22-16-8-15(9-20-10-16)19(23)21-11-17(13-4-2-1-3-5-13)24-18(12-21)14-6-7-14/h1-5,8-10,14,17-18,22H,6-7,11-12H2/t17-,18+/m0/s1. The molecule has 2 heterocycles. The molecule has 1 N–H and O–H groups in total. The van der Waals surface area contributed by atoms with Gasteiger partial charge in [0, 0.05) is 12.7 Å². The van der Waals surface area contributed by atoms with Crippen LogP contribution in [0.2, 0.25) is 0 Å². The molecule has 1 aliphatic heterocycles. The van der Waals surface area contributed by atoms with Gasteiger partial charge in [0.15, 0.2) is 0 Å². The summed E-state index contributed by atoms with van der Waals surface area (Å²) in [5, 5.41) is 9.58. The number of hydrogen-bond acceptors (Lipinski definition) is 4. The lowest BCUT2D eigenvalue weighted by atomic mass is 10.0. The van der Waals surface area contributed by atoms with Crippen LogP contribution in [0.4, 0.5) is 0 Å². The van der Waals surface area contributed by atoms with E-state index in [2.05, 4.69) is 4.98 Å². The van der Waals surface area contributed by atoms with Gasteiger partial charge in [-0.3, -0.25) is 9.78 Å². The van der Waals surface area contributed by atoms with Crippen LogP contribution in [0, 0.1) is 5.92 Å². The number of aromatic nitrogens is 1. The van der Waals surface area contributed by atoms with E-state index < -0.39 is 0 Å². The van der Waals surface area contributed by atoms with Crippen LogP contribution in [0.25, 0.3) is 0 Å². The highest BCUT2D eigenvalue weighted by molar-refractivity contribution is 5.94. The highest BCUT2D eigenvalue weighted by Gasteiger charge is 2.40. The minimum atomic E-state index is -0.111. The number of benzene rings is 1. The third-order valence-electron chi connectivity index (χ3n) is 4.70. The number of ether oxygens (including phenoxy) is 1. The van der Waals surface area contributed by atoms with Crippen LogP contribution in [-0.4, -0.2) is 40.1 Å². The second kappa shape index (κ2) is 6.24. The molecule has 2 aromatic rings. The van der Waals surface area contributed by atoms with Crippen LogP contribution in [0.3, 0.4) is 0 Å². The zero-order valence-corrected chi connectivity index (χ0v) is 13.3. The Kier molecular flexibility index (Phi) is 3.94.